The molecule has 3 N–H and O–H groups in total. The number of rotatable bonds is 5. The van der Waals surface area contributed by atoms with E-state index in [9.17, 15) is 19.5 Å². The molecule has 2 fully saturated rings. The number of piperidine rings is 1. The highest BCUT2D eigenvalue weighted by molar-refractivity contribution is 6.06. The Bertz CT molecular complexity index is 1230. The molecule has 3 aromatic rings. The normalized spacial score (nSPS) is 17.2. The van der Waals surface area contributed by atoms with Crippen molar-refractivity contribution in [3.8, 4) is 0 Å². The van der Waals surface area contributed by atoms with Crippen LogP contribution in [0.5, 0.6) is 0 Å². The molecule has 2 aliphatic rings. The maximum atomic E-state index is 12.8. The molecule has 34 heavy (non-hydrogen) atoms. The Morgan fingerprint density at radius 1 is 0.941 bits per heavy atom. The average Bonchev–Trinajstić information content (AvgIpc) is 3.54. The fourth-order valence-electron chi connectivity index (χ4n) is 5.40. The number of carbonyl (C=O) groups is 3. The Balaban J connectivity index is 1.29. The summed E-state index contributed by atoms with van der Waals surface area (Å²) in [4.78, 5) is 42.1. The van der Waals surface area contributed by atoms with Gasteiger partial charge in [0.15, 0.2) is 0 Å². The highest BCUT2D eigenvalue weighted by Crippen LogP contribution is 2.36. The van der Waals surface area contributed by atoms with E-state index in [1.54, 1.807) is 12.1 Å². The second kappa shape index (κ2) is 9.33. The summed E-state index contributed by atoms with van der Waals surface area (Å²) in [5.41, 5.74) is 3.26. The first kappa shape index (κ1) is 22.2. The van der Waals surface area contributed by atoms with Gasteiger partial charge in [0.25, 0.3) is 5.91 Å². The first-order valence-corrected chi connectivity index (χ1v) is 12.0. The van der Waals surface area contributed by atoms with Gasteiger partial charge in [0.1, 0.15) is 0 Å². The zero-order valence-electron chi connectivity index (χ0n) is 19.0. The Labute approximate surface area is 198 Å². The number of benzene rings is 2. The smallest absolute Gasteiger partial charge is 0.335 e. The molecule has 7 heteroatoms. The van der Waals surface area contributed by atoms with Crippen molar-refractivity contribution in [3.63, 3.8) is 0 Å². The van der Waals surface area contributed by atoms with Crippen LogP contribution in [0.1, 0.15) is 70.7 Å². The third-order valence-corrected chi connectivity index (χ3v) is 7.29. The van der Waals surface area contributed by atoms with E-state index < -0.39 is 5.97 Å². The van der Waals surface area contributed by atoms with Gasteiger partial charge in [0.05, 0.1) is 5.56 Å². The fraction of sp³-hybridized carbons (Fsp3) is 0.370. The Hall–Kier alpha value is -3.61. The summed E-state index contributed by atoms with van der Waals surface area (Å²) in [5, 5.41) is 13.1. The highest BCUT2D eigenvalue weighted by Gasteiger charge is 2.31. The number of carboxylic acid groups (broad SMARTS) is 1. The minimum Gasteiger partial charge on any atom is -0.478 e. The Kier molecular flexibility index (Phi) is 6.09. The van der Waals surface area contributed by atoms with Crippen molar-refractivity contribution in [2.75, 3.05) is 18.4 Å². The van der Waals surface area contributed by atoms with E-state index in [0.29, 0.717) is 23.1 Å². The number of carbonyl (C=O) groups excluding carboxylic acids is 2. The topological polar surface area (TPSA) is 102 Å². The van der Waals surface area contributed by atoms with Crippen molar-refractivity contribution in [1.82, 2.24) is 9.88 Å². The molecule has 1 saturated heterocycles. The minimum absolute atomic E-state index is 0.0776. The number of fused-ring (bicyclic) bond motifs is 1. The number of nitrogens with one attached hydrogen (secondary N) is 2. The lowest BCUT2D eigenvalue weighted by molar-refractivity contribution is -0.136. The maximum Gasteiger partial charge on any atom is 0.335 e. The lowest BCUT2D eigenvalue weighted by atomic mass is 9.88. The van der Waals surface area contributed by atoms with Crippen LogP contribution in [0.15, 0.2) is 48.7 Å². The molecular weight excluding hydrogens is 430 g/mol. The van der Waals surface area contributed by atoms with E-state index >= 15 is 0 Å². The molecule has 2 aromatic carbocycles. The molecule has 1 saturated carbocycles. The number of aromatic amines is 1. The van der Waals surface area contributed by atoms with Gasteiger partial charge in [-0.2, -0.15) is 0 Å². The summed E-state index contributed by atoms with van der Waals surface area (Å²) >= 11 is 0. The number of likely N-dealkylation sites (tertiary alicyclic amines) is 1. The number of nitrogens with zero attached hydrogens (tertiary/aromatic N) is 1. The fourth-order valence-corrected chi connectivity index (χ4v) is 5.40. The highest BCUT2D eigenvalue weighted by atomic mass is 16.4. The molecule has 5 rings (SSSR count). The van der Waals surface area contributed by atoms with Crippen LogP contribution in [-0.2, 0) is 4.79 Å². The van der Waals surface area contributed by atoms with Crippen molar-refractivity contribution in [2.45, 2.75) is 44.4 Å². The predicted molar refractivity (Wildman–Crippen MR) is 130 cm³/mol. The van der Waals surface area contributed by atoms with E-state index in [-0.39, 0.29) is 17.4 Å². The van der Waals surface area contributed by atoms with Gasteiger partial charge in [-0.15, -0.1) is 0 Å². The van der Waals surface area contributed by atoms with Crippen molar-refractivity contribution in [3.05, 3.63) is 65.4 Å². The summed E-state index contributed by atoms with van der Waals surface area (Å²) in [7, 11) is 0. The van der Waals surface area contributed by atoms with E-state index in [4.69, 9.17) is 0 Å². The van der Waals surface area contributed by atoms with Crippen LogP contribution in [0.2, 0.25) is 0 Å². The van der Waals surface area contributed by atoms with Crippen LogP contribution in [0, 0.1) is 5.92 Å². The molecule has 176 valence electrons. The van der Waals surface area contributed by atoms with Gasteiger partial charge in [-0.05, 0) is 73.6 Å². The predicted octanol–water partition coefficient (Wildman–Crippen LogP) is 5.01. The average molecular weight is 460 g/mol. The van der Waals surface area contributed by atoms with E-state index in [0.717, 1.165) is 49.7 Å². The van der Waals surface area contributed by atoms with Crippen molar-refractivity contribution < 1.29 is 19.5 Å². The van der Waals surface area contributed by atoms with Gasteiger partial charge in [0.2, 0.25) is 5.91 Å². The number of aromatic carboxylic acids is 1. The van der Waals surface area contributed by atoms with Crippen LogP contribution in [0.25, 0.3) is 10.9 Å². The van der Waals surface area contributed by atoms with Crippen LogP contribution in [-0.4, -0.2) is 45.9 Å². The number of aromatic nitrogens is 1. The maximum absolute atomic E-state index is 12.8. The summed E-state index contributed by atoms with van der Waals surface area (Å²) in [5.74, 6) is -0.485. The first-order valence-electron chi connectivity index (χ1n) is 12.0. The molecule has 7 nitrogen and oxygen atoms in total. The molecule has 0 radical (unpaired) electrons. The van der Waals surface area contributed by atoms with Gasteiger partial charge < -0.3 is 20.3 Å². The minimum atomic E-state index is -1.07. The Morgan fingerprint density at radius 2 is 1.68 bits per heavy atom. The molecule has 1 aliphatic heterocycles. The van der Waals surface area contributed by atoms with E-state index in [2.05, 4.69) is 15.2 Å². The number of anilines is 1. The van der Waals surface area contributed by atoms with Gasteiger partial charge >= 0.3 is 5.97 Å². The molecule has 2 amide bonds. The molecular formula is C27H29N3O4. The van der Waals surface area contributed by atoms with Crippen LogP contribution in [0.4, 0.5) is 5.69 Å². The number of amides is 2. The number of hydrogen-bond acceptors (Lipinski definition) is 3. The SMILES string of the molecule is O=C(O)c1cccc(C(=O)Nc2ccc3[nH]cc(C4CCN(C(=O)C5CCCC5)CC4)c3c2)c1. The lowest BCUT2D eigenvalue weighted by Gasteiger charge is -2.33. The second-order valence-corrected chi connectivity index (χ2v) is 9.43. The summed E-state index contributed by atoms with van der Waals surface area (Å²) < 4.78 is 0. The lowest BCUT2D eigenvalue weighted by Crippen LogP contribution is -2.40. The van der Waals surface area contributed by atoms with Crippen LogP contribution in [0.3, 0.4) is 0 Å². The number of carboxylic acids is 1. The molecule has 0 bridgehead atoms. The summed E-state index contributed by atoms with van der Waals surface area (Å²) in [6, 6.07) is 11.8. The zero-order valence-corrected chi connectivity index (χ0v) is 19.0. The van der Waals surface area contributed by atoms with E-state index in [1.807, 2.05) is 24.4 Å². The molecule has 0 spiro atoms. The number of H-pyrrole nitrogens is 1. The van der Waals surface area contributed by atoms with Crippen LogP contribution < -0.4 is 5.32 Å². The third-order valence-electron chi connectivity index (χ3n) is 7.29. The molecule has 0 atom stereocenters. The number of hydrogen-bond donors (Lipinski definition) is 3. The molecule has 2 heterocycles. The molecule has 1 aromatic heterocycles. The van der Waals surface area contributed by atoms with E-state index in [1.165, 1.54) is 30.5 Å². The van der Waals surface area contributed by atoms with Crippen LogP contribution >= 0.6 is 0 Å². The third kappa shape index (κ3) is 4.42. The standard InChI is InChI=1S/C27H29N3O4/c31-25(19-6-3-7-20(14-19)27(33)34)29-21-8-9-24-22(15-21)23(16-28-24)17-10-12-30(13-11-17)26(32)18-4-1-2-5-18/h3,6-9,14-18,28H,1-2,4-5,10-13H2,(H,29,31)(H,33,34). The first-order chi connectivity index (χ1) is 16.5. The van der Waals surface area contributed by atoms with Crippen molar-refractivity contribution >= 4 is 34.4 Å². The summed E-state index contributed by atoms with van der Waals surface area (Å²) in [6.45, 7) is 1.59. The molecule has 1 aliphatic carbocycles. The van der Waals surface area contributed by atoms with Crippen molar-refractivity contribution in [1.29, 1.82) is 0 Å². The van der Waals surface area contributed by atoms with Gasteiger partial charge in [-0.25, -0.2) is 4.79 Å². The van der Waals surface area contributed by atoms with Crippen molar-refractivity contribution in [2.24, 2.45) is 5.92 Å². The second-order valence-electron chi connectivity index (χ2n) is 9.43. The zero-order chi connectivity index (χ0) is 23.7. The van der Waals surface area contributed by atoms with Gasteiger partial charge in [-0.1, -0.05) is 18.9 Å². The Morgan fingerprint density at radius 3 is 2.41 bits per heavy atom. The van der Waals surface area contributed by atoms with Gasteiger partial charge in [-0.3, -0.25) is 9.59 Å². The van der Waals surface area contributed by atoms with Gasteiger partial charge in [0, 0.05) is 47.4 Å². The monoisotopic (exact) mass is 459 g/mol. The quantitative estimate of drug-likeness (QED) is 0.499. The molecule has 0 unspecified atom stereocenters. The summed E-state index contributed by atoms with van der Waals surface area (Å²) in [6.07, 6.45) is 8.34. The largest absolute Gasteiger partial charge is 0.478 e.